The molecule has 3 aromatic rings. The molecule has 4 rings (SSSR count). The van der Waals surface area contributed by atoms with Crippen molar-refractivity contribution in [2.24, 2.45) is 0 Å². The molecule has 1 amide bonds. The number of ether oxygens (including phenoxy) is 1. The first-order valence-corrected chi connectivity index (χ1v) is 11.3. The van der Waals surface area contributed by atoms with E-state index in [2.05, 4.69) is 33.0 Å². The molecular formula is C21H22N4O2S2. The Bertz CT molecular complexity index is 925. The van der Waals surface area contributed by atoms with E-state index in [1.54, 1.807) is 0 Å². The van der Waals surface area contributed by atoms with Gasteiger partial charge in [0.05, 0.1) is 11.9 Å². The van der Waals surface area contributed by atoms with Gasteiger partial charge in [0.25, 0.3) is 0 Å². The van der Waals surface area contributed by atoms with E-state index in [1.165, 1.54) is 23.1 Å². The number of hydrogen-bond acceptors (Lipinski definition) is 7. The zero-order chi connectivity index (χ0) is 19.9. The normalized spacial score (nSPS) is 15.9. The average molecular weight is 427 g/mol. The molecule has 150 valence electrons. The Morgan fingerprint density at radius 1 is 1.10 bits per heavy atom. The average Bonchev–Trinajstić information content (AvgIpc) is 3.44. The highest BCUT2D eigenvalue weighted by atomic mass is 32.2. The summed E-state index contributed by atoms with van der Waals surface area (Å²) >= 11 is 2.85. The number of hydrogen-bond donors (Lipinski definition) is 2. The first kappa shape index (κ1) is 19.9. The molecule has 1 saturated heterocycles. The molecule has 6 nitrogen and oxygen atoms in total. The first-order chi connectivity index (χ1) is 14.3. The highest BCUT2D eigenvalue weighted by Crippen LogP contribution is 2.26. The van der Waals surface area contributed by atoms with Gasteiger partial charge in [-0.2, -0.15) is 0 Å². The molecule has 1 unspecified atom stereocenters. The van der Waals surface area contributed by atoms with Gasteiger partial charge in [0.15, 0.2) is 4.34 Å². The van der Waals surface area contributed by atoms with E-state index >= 15 is 0 Å². The van der Waals surface area contributed by atoms with Gasteiger partial charge in [0.2, 0.25) is 11.0 Å². The van der Waals surface area contributed by atoms with Crippen LogP contribution in [0, 0.1) is 0 Å². The largest absolute Gasteiger partial charge is 0.376 e. The van der Waals surface area contributed by atoms with Gasteiger partial charge in [0, 0.05) is 18.8 Å². The molecule has 1 aliphatic heterocycles. The minimum Gasteiger partial charge on any atom is -0.376 e. The highest BCUT2D eigenvalue weighted by Gasteiger charge is 2.16. The van der Waals surface area contributed by atoms with Crippen LogP contribution in [0.2, 0.25) is 0 Å². The molecule has 0 bridgehead atoms. The summed E-state index contributed by atoms with van der Waals surface area (Å²) in [6.45, 7) is 1.59. The van der Waals surface area contributed by atoms with Crippen molar-refractivity contribution in [3.8, 4) is 11.1 Å². The van der Waals surface area contributed by atoms with Crippen LogP contribution < -0.4 is 10.6 Å². The van der Waals surface area contributed by atoms with Crippen molar-refractivity contribution in [1.29, 1.82) is 0 Å². The van der Waals surface area contributed by atoms with Gasteiger partial charge in [-0.15, -0.1) is 10.2 Å². The summed E-state index contributed by atoms with van der Waals surface area (Å²) in [6, 6.07) is 18.0. The molecule has 1 aliphatic rings. The number of nitrogens with one attached hydrogen (secondary N) is 2. The molecule has 0 saturated carbocycles. The van der Waals surface area contributed by atoms with Crippen LogP contribution >= 0.6 is 23.1 Å². The van der Waals surface area contributed by atoms with Crippen LogP contribution in [-0.2, 0) is 9.53 Å². The van der Waals surface area contributed by atoms with Crippen LogP contribution in [-0.4, -0.2) is 41.1 Å². The molecule has 2 N–H and O–H groups in total. The number of rotatable bonds is 8. The summed E-state index contributed by atoms with van der Waals surface area (Å²) in [5.41, 5.74) is 3.06. The lowest BCUT2D eigenvalue weighted by Gasteiger charge is -2.08. The first-order valence-electron chi connectivity index (χ1n) is 9.53. The van der Waals surface area contributed by atoms with Gasteiger partial charge in [-0.1, -0.05) is 65.6 Å². The van der Waals surface area contributed by atoms with E-state index in [-0.39, 0.29) is 12.0 Å². The second kappa shape index (κ2) is 9.87. The highest BCUT2D eigenvalue weighted by molar-refractivity contribution is 8.01. The van der Waals surface area contributed by atoms with E-state index in [9.17, 15) is 4.79 Å². The summed E-state index contributed by atoms with van der Waals surface area (Å²) in [5, 5.41) is 15.2. The van der Waals surface area contributed by atoms with Crippen molar-refractivity contribution in [2.75, 3.05) is 29.5 Å². The molecule has 2 heterocycles. The van der Waals surface area contributed by atoms with E-state index in [4.69, 9.17) is 4.74 Å². The number of benzene rings is 2. The van der Waals surface area contributed by atoms with Crippen molar-refractivity contribution >= 4 is 39.8 Å². The third-order valence-electron chi connectivity index (χ3n) is 4.51. The fraction of sp³-hybridized carbons (Fsp3) is 0.286. The monoisotopic (exact) mass is 426 g/mol. The standard InChI is InChI=1S/C21H22N4O2S2/c26-19(23-17-10-8-16(9-11-17)15-5-2-1-3-6-15)14-28-21-25-24-20(29-21)22-13-18-7-4-12-27-18/h1-3,5-6,8-11,18H,4,7,12-14H2,(H,22,24)(H,23,26). The number of aromatic nitrogens is 2. The lowest BCUT2D eigenvalue weighted by Crippen LogP contribution is -2.18. The quantitative estimate of drug-likeness (QED) is 0.516. The summed E-state index contributed by atoms with van der Waals surface area (Å²) in [6.07, 6.45) is 2.46. The summed E-state index contributed by atoms with van der Waals surface area (Å²) in [5.74, 6) is 0.229. The van der Waals surface area contributed by atoms with Crippen LogP contribution in [0.15, 0.2) is 58.9 Å². The van der Waals surface area contributed by atoms with Crippen LogP contribution in [0.5, 0.6) is 0 Å². The zero-order valence-corrected chi connectivity index (χ0v) is 17.5. The molecule has 8 heteroatoms. The number of nitrogens with zero attached hydrogens (tertiary/aromatic N) is 2. The maximum Gasteiger partial charge on any atom is 0.234 e. The number of carbonyl (C=O) groups is 1. The third-order valence-corrected chi connectivity index (χ3v) is 6.53. The fourth-order valence-corrected chi connectivity index (χ4v) is 4.61. The Kier molecular flexibility index (Phi) is 6.76. The molecule has 0 spiro atoms. The maximum atomic E-state index is 12.2. The van der Waals surface area contributed by atoms with Crippen LogP contribution in [0.1, 0.15) is 12.8 Å². The summed E-state index contributed by atoms with van der Waals surface area (Å²) in [4.78, 5) is 12.2. The second-order valence-corrected chi connectivity index (χ2v) is 8.87. The smallest absolute Gasteiger partial charge is 0.234 e. The van der Waals surface area contributed by atoms with Crippen molar-refractivity contribution in [1.82, 2.24) is 10.2 Å². The summed E-state index contributed by atoms with van der Waals surface area (Å²) in [7, 11) is 0. The van der Waals surface area contributed by atoms with Crippen molar-refractivity contribution in [2.45, 2.75) is 23.3 Å². The summed E-state index contributed by atoms with van der Waals surface area (Å²) < 4.78 is 6.36. The maximum absolute atomic E-state index is 12.2. The Labute approximate surface area is 178 Å². The van der Waals surface area contributed by atoms with Crippen LogP contribution in [0.25, 0.3) is 11.1 Å². The lowest BCUT2D eigenvalue weighted by atomic mass is 10.1. The Morgan fingerprint density at radius 3 is 2.66 bits per heavy atom. The van der Waals surface area contributed by atoms with Crippen molar-refractivity contribution < 1.29 is 9.53 Å². The Hall–Kier alpha value is -2.42. The van der Waals surface area contributed by atoms with Gasteiger partial charge in [-0.05, 0) is 36.1 Å². The van der Waals surface area contributed by atoms with Gasteiger partial charge in [-0.25, -0.2) is 0 Å². The van der Waals surface area contributed by atoms with Crippen molar-refractivity contribution in [3.63, 3.8) is 0 Å². The fourth-order valence-electron chi connectivity index (χ4n) is 3.05. The minimum atomic E-state index is -0.0634. The molecule has 1 fully saturated rings. The third kappa shape index (κ3) is 5.79. The number of carbonyl (C=O) groups excluding carboxylic acids is 1. The van der Waals surface area contributed by atoms with E-state index in [0.717, 1.165) is 52.3 Å². The Morgan fingerprint density at radius 2 is 1.90 bits per heavy atom. The zero-order valence-electron chi connectivity index (χ0n) is 15.8. The van der Waals surface area contributed by atoms with Crippen LogP contribution in [0.3, 0.4) is 0 Å². The van der Waals surface area contributed by atoms with E-state index in [0.29, 0.717) is 5.75 Å². The molecule has 29 heavy (non-hydrogen) atoms. The van der Waals surface area contributed by atoms with Crippen molar-refractivity contribution in [3.05, 3.63) is 54.6 Å². The number of thioether (sulfide) groups is 1. The molecule has 0 aliphatic carbocycles. The predicted octanol–water partition coefficient (Wildman–Crippen LogP) is 4.53. The second-order valence-electron chi connectivity index (χ2n) is 6.67. The van der Waals surface area contributed by atoms with Crippen LogP contribution in [0.4, 0.5) is 10.8 Å². The SMILES string of the molecule is O=C(CSc1nnc(NCC2CCCO2)s1)Nc1ccc(-c2ccccc2)cc1. The van der Waals surface area contributed by atoms with Gasteiger partial charge < -0.3 is 15.4 Å². The molecule has 1 atom stereocenters. The molecular weight excluding hydrogens is 404 g/mol. The number of anilines is 2. The Balaban J connectivity index is 1.23. The van der Waals surface area contributed by atoms with Gasteiger partial charge in [0.1, 0.15) is 0 Å². The van der Waals surface area contributed by atoms with Gasteiger partial charge >= 0.3 is 0 Å². The molecule has 2 aromatic carbocycles. The van der Waals surface area contributed by atoms with Gasteiger partial charge in [-0.3, -0.25) is 4.79 Å². The van der Waals surface area contributed by atoms with E-state index in [1.807, 2.05) is 42.5 Å². The molecule has 0 radical (unpaired) electrons. The molecule has 1 aromatic heterocycles. The minimum absolute atomic E-state index is 0.0634. The van der Waals surface area contributed by atoms with E-state index < -0.39 is 0 Å². The predicted molar refractivity (Wildman–Crippen MR) is 119 cm³/mol. The lowest BCUT2D eigenvalue weighted by molar-refractivity contribution is -0.113. The number of amides is 1. The topological polar surface area (TPSA) is 76.1 Å².